The van der Waals surface area contributed by atoms with Gasteiger partial charge in [0.05, 0.1) is 22.2 Å². The first kappa shape index (κ1) is 20.8. The van der Waals surface area contributed by atoms with E-state index in [4.69, 9.17) is 0 Å². The van der Waals surface area contributed by atoms with Gasteiger partial charge in [-0.25, -0.2) is 4.98 Å². The molecule has 0 aliphatic carbocycles. The maximum Gasteiger partial charge on any atom is 0.254 e. The van der Waals surface area contributed by atoms with Gasteiger partial charge in [-0.15, -0.1) is 11.3 Å². The number of anilines is 1. The van der Waals surface area contributed by atoms with Crippen molar-refractivity contribution in [2.75, 3.05) is 11.9 Å². The van der Waals surface area contributed by atoms with Gasteiger partial charge in [0.2, 0.25) is 5.91 Å². The first-order chi connectivity index (χ1) is 15.5. The van der Waals surface area contributed by atoms with E-state index in [9.17, 15) is 9.59 Å². The first-order valence-corrected chi connectivity index (χ1v) is 12.3. The molecule has 2 aromatic carbocycles. The number of aromatic nitrogens is 1. The molecule has 0 saturated carbocycles. The van der Waals surface area contributed by atoms with Crippen LogP contribution in [0.15, 0.2) is 66.0 Å². The Morgan fingerprint density at radius 3 is 2.62 bits per heavy atom. The summed E-state index contributed by atoms with van der Waals surface area (Å²) in [5.41, 5.74) is 2.24. The highest BCUT2D eigenvalue weighted by molar-refractivity contribution is 7.22. The van der Waals surface area contributed by atoms with Gasteiger partial charge in [0, 0.05) is 17.0 Å². The number of para-hydroxylation sites is 1. The highest BCUT2D eigenvalue weighted by atomic mass is 32.1. The average Bonchev–Trinajstić information content (AvgIpc) is 3.44. The number of hydrogen-bond donors (Lipinski definition) is 1. The van der Waals surface area contributed by atoms with Gasteiger partial charge in [0.25, 0.3) is 5.91 Å². The summed E-state index contributed by atoms with van der Waals surface area (Å²) in [4.78, 5) is 34.7. The molecule has 1 N–H and O–H groups in total. The summed E-state index contributed by atoms with van der Waals surface area (Å²) in [6, 6.07) is 19.0. The molecule has 0 spiro atoms. The number of nitrogens with one attached hydrogen (secondary N) is 1. The Balaban J connectivity index is 1.59. The molecule has 3 heterocycles. The van der Waals surface area contributed by atoms with E-state index in [0.29, 0.717) is 17.2 Å². The average molecular weight is 462 g/mol. The zero-order valence-corrected chi connectivity index (χ0v) is 19.5. The topological polar surface area (TPSA) is 62.3 Å². The number of fused-ring (bicyclic) bond motifs is 2. The molecule has 2 atom stereocenters. The molecule has 5 nitrogen and oxygen atoms in total. The lowest BCUT2D eigenvalue weighted by molar-refractivity contribution is -0.119. The summed E-state index contributed by atoms with van der Waals surface area (Å²) in [6.07, 6.45) is 0. The Hall–Kier alpha value is -3.03. The van der Waals surface area contributed by atoms with Crippen LogP contribution in [0.25, 0.3) is 10.2 Å². The van der Waals surface area contributed by atoms with Gasteiger partial charge < -0.3 is 10.2 Å². The first-order valence-electron chi connectivity index (χ1n) is 10.6. The summed E-state index contributed by atoms with van der Waals surface area (Å²) in [7, 11) is 0. The molecule has 0 radical (unpaired) electrons. The van der Waals surface area contributed by atoms with Crippen LogP contribution in [0.3, 0.4) is 0 Å². The van der Waals surface area contributed by atoms with Gasteiger partial charge in [-0.1, -0.05) is 61.6 Å². The summed E-state index contributed by atoms with van der Waals surface area (Å²) in [5.74, 6) is -0.402. The van der Waals surface area contributed by atoms with Crippen molar-refractivity contribution in [1.82, 2.24) is 9.88 Å². The van der Waals surface area contributed by atoms with E-state index in [1.807, 2.05) is 70.9 Å². The Morgan fingerprint density at radius 2 is 1.88 bits per heavy atom. The van der Waals surface area contributed by atoms with Crippen molar-refractivity contribution in [3.05, 3.63) is 82.0 Å². The number of benzene rings is 2. The number of thiophene rings is 1. The van der Waals surface area contributed by atoms with Gasteiger partial charge >= 0.3 is 0 Å². The lowest BCUT2D eigenvalue weighted by Crippen LogP contribution is -2.47. The van der Waals surface area contributed by atoms with Crippen molar-refractivity contribution < 1.29 is 9.59 Å². The van der Waals surface area contributed by atoms with E-state index in [1.165, 1.54) is 11.3 Å². The van der Waals surface area contributed by atoms with Crippen molar-refractivity contribution in [2.45, 2.75) is 25.8 Å². The third-order valence-electron chi connectivity index (χ3n) is 5.64. The number of thiazole rings is 1. The molecular weight excluding hydrogens is 438 g/mol. The Labute approximate surface area is 194 Å². The molecule has 5 rings (SSSR count). The molecule has 2 aromatic heterocycles. The summed E-state index contributed by atoms with van der Waals surface area (Å²) >= 11 is 3.04. The van der Waals surface area contributed by atoms with Crippen molar-refractivity contribution >= 4 is 49.8 Å². The fourth-order valence-corrected chi connectivity index (χ4v) is 6.10. The second-order valence-electron chi connectivity index (χ2n) is 8.35. The van der Waals surface area contributed by atoms with E-state index in [1.54, 1.807) is 11.3 Å². The highest BCUT2D eigenvalue weighted by Gasteiger charge is 2.44. The van der Waals surface area contributed by atoms with E-state index in [-0.39, 0.29) is 23.8 Å². The molecule has 0 bridgehead atoms. The van der Waals surface area contributed by atoms with Crippen LogP contribution in [0.1, 0.15) is 46.6 Å². The maximum atomic E-state index is 13.8. The lowest BCUT2D eigenvalue weighted by atomic mass is 9.81. The minimum atomic E-state index is -0.520. The maximum absolute atomic E-state index is 13.8. The fraction of sp³-hybridized carbons (Fsp3) is 0.240. The minimum Gasteiger partial charge on any atom is -0.329 e. The molecule has 162 valence electrons. The largest absolute Gasteiger partial charge is 0.329 e. The molecule has 7 heteroatoms. The zero-order chi connectivity index (χ0) is 22.2. The highest BCUT2D eigenvalue weighted by Crippen LogP contribution is 2.45. The van der Waals surface area contributed by atoms with Gasteiger partial charge in [-0.2, -0.15) is 0 Å². The number of rotatable bonds is 5. The number of carbonyl (C=O) groups is 2. The molecule has 0 unspecified atom stereocenters. The molecule has 2 amide bonds. The van der Waals surface area contributed by atoms with Crippen LogP contribution < -0.4 is 5.32 Å². The molecule has 1 aliphatic rings. The van der Waals surface area contributed by atoms with Crippen molar-refractivity contribution in [3.63, 3.8) is 0 Å². The Bertz CT molecular complexity index is 1250. The summed E-state index contributed by atoms with van der Waals surface area (Å²) in [5, 5.41) is 5.63. The van der Waals surface area contributed by atoms with E-state index in [0.717, 1.165) is 20.7 Å². The second kappa shape index (κ2) is 8.48. The summed E-state index contributed by atoms with van der Waals surface area (Å²) in [6.45, 7) is 4.77. The monoisotopic (exact) mass is 461 g/mol. The quantitative estimate of drug-likeness (QED) is 0.400. The fourth-order valence-electron chi connectivity index (χ4n) is 4.35. The normalized spacial score (nSPS) is 18.2. The van der Waals surface area contributed by atoms with Gasteiger partial charge in [0.1, 0.15) is 0 Å². The Morgan fingerprint density at radius 1 is 1.09 bits per heavy atom. The van der Waals surface area contributed by atoms with Gasteiger partial charge in [-0.05, 0) is 41.1 Å². The van der Waals surface area contributed by atoms with E-state index >= 15 is 0 Å². The van der Waals surface area contributed by atoms with Crippen LogP contribution in [-0.4, -0.2) is 28.2 Å². The predicted octanol–water partition coefficient (Wildman–Crippen LogP) is 5.93. The number of hydrogen-bond acceptors (Lipinski definition) is 5. The van der Waals surface area contributed by atoms with Crippen LogP contribution in [0.4, 0.5) is 5.13 Å². The molecule has 0 fully saturated rings. The third kappa shape index (κ3) is 3.72. The third-order valence-corrected chi connectivity index (χ3v) is 7.54. The lowest BCUT2D eigenvalue weighted by Gasteiger charge is -2.41. The zero-order valence-electron chi connectivity index (χ0n) is 17.8. The van der Waals surface area contributed by atoms with E-state index in [2.05, 4.69) is 24.1 Å². The molecule has 32 heavy (non-hydrogen) atoms. The second-order valence-corrected chi connectivity index (χ2v) is 10.4. The minimum absolute atomic E-state index is 0.0169. The van der Waals surface area contributed by atoms with Crippen LogP contribution >= 0.6 is 22.7 Å². The molecule has 0 saturated heterocycles. The van der Waals surface area contributed by atoms with E-state index < -0.39 is 5.92 Å². The molecular formula is C25H23N3O2S2. The van der Waals surface area contributed by atoms with Crippen molar-refractivity contribution in [2.24, 2.45) is 5.92 Å². The molecule has 4 aromatic rings. The predicted molar refractivity (Wildman–Crippen MR) is 130 cm³/mol. The summed E-state index contributed by atoms with van der Waals surface area (Å²) < 4.78 is 1.03. The van der Waals surface area contributed by atoms with Crippen LogP contribution in [0.2, 0.25) is 0 Å². The standard InChI is InChI=1S/C25H23N3O2S2/c1-15(2)14-28-22(20-12-7-13-31-20)21(16-8-3-4-9-17(16)24(28)30)23(29)27-25-26-18-10-5-6-11-19(18)32-25/h3-13,15,21-22H,14H2,1-2H3,(H,26,27,29)/t21-,22-/m0/s1. The van der Waals surface area contributed by atoms with Gasteiger partial charge in [-0.3, -0.25) is 9.59 Å². The smallest absolute Gasteiger partial charge is 0.254 e. The number of nitrogens with zero attached hydrogens (tertiary/aromatic N) is 2. The van der Waals surface area contributed by atoms with Crippen LogP contribution in [-0.2, 0) is 4.79 Å². The SMILES string of the molecule is CC(C)CN1C(=O)c2ccccc2[C@H](C(=O)Nc2nc3ccccc3s2)[C@@H]1c1cccs1. The van der Waals surface area contributed by atoms with Gasteiger partial charge in [0.15, 0.2) is 5.13 Å². The van der Waals surface area contributed by atoms with Crippen LogP contribution in [0, 0.1) is 5.92 Å². The Kier molecular flexibility index (Phi) is 5.53. The van der Waals surface area contributed by atoms with Crippen molar-refractivity contribution in [1.29, 1.82) is 0 Å². The molecule has 1 aliphatic heterocycles. The number of carbonyl (C=O) groups excluding carboxylic acids is 2. The van der Waals surface area contributed by atoms with Crippen LogP contribution in [0.5, 0.6) is 0 Å². The number of amides is 2. The van der Waals surface area contributed by atoms with Crippen molar-refractivity contribution in [3.8, 4) is 0 Å².